The number of fused-ring (bicyclic) bond motifs is 1. The molecular formula is C28H37N5O7. The Kier molecular flexibility index (Phi) is 12.4. The van der Waals surface area contributed by atoms with Crippen molar-refractivity contribution in [2.75, 3.05) is 32.8 Å². The number of amides is 1. The molecule has 12 nitrogen and oxygen atoms in total. The zero-order valence-electron chi connectivity index (χ0n) is 22.7. The SMILES string of the molecule is C[C@@H]1CC=CC(OCCCN=[N+]=[N-])CC=C/C(NOCC(=O)N2CCCCC2)=C/c2cc(O)cc(O)c2C(=O)O1. The number of rotatable bonds is 9. The van der Waals surface area contributed by atoms with Crippen molar-refractivity contribution in [2.45, 2.75) is 57.7 Å². The van der Waals surface area contributed by atoms with Crippen LogP contribution in [0.5, 0.6) is 11.5 Å². The molecule has 1 unspecified atom stereocenters. The summed E-state index contributed by atoms with van der Waals surface area (Å²) in [6.45, 7) is 3.67. The normalized spacial score (nSPS) is 21.3. The van der Waals surface area contributed by atoms with Crippen LogP contribution in [-0.4, -0.2) is 72.0 Å². The van der Waals surface area contributed by atoms with Gasteiger partial charge in [-0.1, -0.05) is 23.3 Å². The number of esters is 1. The molecule has 0 aromatic heterocycles. The lowest BCUT2D eigenvalue weighted by Gasteiger charge is -2.26. The van der Waals surface area contributed by atoms with E-state index < -0.39 is 17.8 Å². The zero-order chi connectivity index (χ0) is 28.7. The number of carbonyl (C=O) groups excluding carboxylic acids is 2. The number of carbonyl (C=O) groups is 2. The molecule has 216 valence electrons. The number of allylic oxidation sites excluding steroid dienone is 1. The summed E-state index contributed by atoms with van der Waals surface area (Å²) in [6, 6.07) is 2.40. The van der Waals surface area contributed by atoms with Crippen LogP contribution in [0.25, 0.3) is 16.5 Å². The second kappa shape index (κ2) is 16.2. The summed E-state index contributed by atoms with van der Waals surface area (Å²) in [6.07, 6.45) is 12.5. The number of cyclic esters (lactones) is 1. The van der Waals surface area contributed by atoms with E-state index in [1.54, 1.807) is 17.9 Å². The Labute approximate surface area is 233 Å². The van der Waals surface area contributed by atoms with Crippen LogP contribution in [0, 0.1) is 0 Å². The number of hydrogen-bond donors (Lipinski definition) is 3. The number of piperidine rings is 1. The Morgan fingerprint density at radius 1 is 1.23 bits per heavy atom. The topological polar surface area (TPSA) is 166 Å². The third-order valence-corrected chi connectivity index (χ3v) is 6.33. The number of aromatic hydroxyl groups is 2. The van der Waals surface area contributed by atoms with Crippen molar-refractivity contribution in [1.82, 2.24) is 10.4 Å². The monoisotopic (exact) mass is 555 g/mol. The quantitative estimate of drug-likeness (QED) is 0.0761. The number of phenols is 2. The Hall–Kier alpha value is -3.99. The molecule has 1 saturated heterocycles. The highest BCUT2D eigenvalue weighted by atomic mass is 16.6. The van der Waals surface area contributed by atoms with Gasteiger partial charge in [-0.15, -0.1) is 0 Å². The summed E-state index contributed by atoms with van der Waals surface area (Å²) in [7, 11) is 0. The molecule has 0 radical (unpaired) electrons. The van der Waals surface area contributed by atoms with Crippen LogP contribution in [0.1, 0.15) is 61.4 Å². The Balaban J connectivity index is 1.84. The van der Waals surface area contributed by atoms with Crippen molar-refractivity contribution < 1.29 is 34.1 Å². The van der Waals surface area contributed by atoms with E-state index in [2.05, 4.69) is 15.5 Å². The molecule has 1 amide bonds. The highest BCUT2D eigenvalue weighted by Crippen LogP contribution is 2.30. The molecule has 2 aliphatic heterocycles. The molecule has 2 atom stereocenters. The predicted molar refractivity (Wildman–Crippen MR) is 148 cm³/mol. The van der Waals surface area contributed by atoms with Gasteiger partial charge in [-0.3, -0.25) is 15.1 Å². The van der Waals surface area contributed by atoms with E-state index >= 15 is 0 Å². The molecule has 0 aliphatic carbocycles. The number of benzene rings is 1. The van der Waals surface area contributed by atoms with E-state index in [4.69, 9.17) is 19.8 Å². The molecular weight excluding hydrogens is 518 g/mol. The number of phenolic OH excluding ortho intramolecular Hbond substituents is 2. The number of likely N-dealkylation sites (tertiary alicyclic amines) is 1. The number of nitrogens with zero attached hydrogens (tertiary/aromatic N) is 4. The molecule has 12 heteroatoms. The maximum absolute atomic E-state index is 13.0. The highest BCUT2D eigenvalue weighted by molar-refractivity contribution is 5.97. The molecule has 3 N–H and O–H groups in total. The first kappa shape index (κ1) is 30.6. The molecule has 0 spiro atoms. The van der Waals surface area contributed by atoms with Crippen LogP contribution in [0.2, 0.25) is 0 Å². The molecule has 2 heterocycles. The molecule has 0 saturated carbocycles. The van der Waals surface area contributed by atoms with Gasteiger partial charge in [0.1, 0.15) is 23.2 Å². The molecule has 3 rings (SSSR count). The summed E-state index contributed by atoms with van der Waals surface area (Å²) < 4.78 is 11.5. The van der Waals surface area contributed by atoms with Gasteiger partial charge in [0.2, 0.25) is 0 Å². The largest absolute Gasteiger partial charge is 0.508 e. The summed E-state index contributed by atoms with van der Waals surface area (Å²) in [5.74, 6) is -1.55. The van der Waals surface area contributed by atoms with Gasteiger partial charge in [0.15, 0.2) is 6.61 Å². The van der Waals surface area contributed by atoms with Crippen molar-refractivity contribution in [1.29, 1.82) is 0 Å². The minimum Gasteiger partial charge on any atom is -0.508 e. The van der Waals surface area contributed by atoms with Gasteiger partial charge >= 0.3 is 5.97 Å². The van der Waals surface area contributed by atoms with Gasteiger partial charge in [0.05, 0.1) is 11.8 Å². The number of hydrogen-bond acceptors (Lipinski definition) is 9. The maximum Gasteiger partial charge on any atom is 0.342 e. The fraction of sp³-hybridized carbons (Fsp3) is 0.500. The van der Waals surface area contributed by atoms with Gasteiger partial charge in [0.25, 0.3) is 5.91 Å². The number of ether oxygens (including phenoxy) is 2. The molecule has 0 bridgehead atoms. The first-order valence-electron chi connectivity index (χ1n) is 13.5. The van der Waals surface area contributed by atoms with Crippen molar-refractivity contribution >= 4 is 18.0 Å². The van der Waals surface area contributed by atoms with E-state index in [0.717, 1.165) is 25.3 Å². The van der Waals surface area contributed by atoms with E-state index in [-0.39, 0.29) is 35.5 Å². The summed E-state index contributed by atoms with van der Waals surface area (Å²) in [5.41, 5.74) is 11.7. The third kappa shape index (κ3) is 9.96. The van der Waals surface area contributed by atoms with Crippen LogP contribution >= 0.6 is 0 Å². The summed E-state index contributed by atoms with van der Waals surface area (Å²) in [5, 5.41) is 24.1. The third-order valence-electron chi connectivity index (χ3n) is 6.33. The first-order valence-corrected chi connectivity index (χ1v) is 13.5. The Morgan fingerprint density at radius 3 is 2.80 bits per heavy atom. The highest BCUT2D eigenvalue weighted by Gasteiger charge is 2.21. The van der Waals surface area contributed by atoms with Crippen molar-refractivity contribution in [3.05, 3.63) is 63.7 Å². The van der Waals surface area contributed by atoms with Gasteiger partial charge in [0, 0.05) is 43.6 Å². The van der Waals surface area contributed by atoms with Crippen molar-refractivity contribution in [3.8, 4) is 11.5 Å². The molecule has 1 fully saturated rings. The smallest absolute Gasteiger partial charge is 0.342 e. The molecule has 40 heavy (non-hydrogen) atoms. The summed E-state index contributed by atoms with van der Waals surface area (Å²) in [4.78, 5) is 35.6. The lowest BCUT2D eigenvalue weighted by molar-refractivity contribution is -0.139. The minimum atomic E-state index is -0.753. The molecule has 2 aliphatic rings. The predicted octanol–water partition coefficient (Wildman–Crippen LogP) is 4.51. The van der Waals surface area contributed by atoms with Crippen LogP contribution in [-0.2, 0) is 19.1 Å². The van der Waals surface area contributed by atoms with Crippen LogP contribution < -0.4 is 5.48 Å². The minimum absolute atomic E-state index is 0.107. The van der Waals surface area contributed by atoms with Gasteiger partial charge in [-0.05, 0) is 68.3 Å². The van der Waals surface area contributed by atoms with Crippen molar-refractivity contribution in [2.24, 2.45) is 5.11 Å². The van der Waals surface area contributed by atoms with E-state index in [1.165, 1.54) is 12.1 Å². The maximum atomic E-state index is 13.0. The fourth-order valence-corrected chi connectivity index (χ4v) is 4.32. The van der Waals surface area contributed by atoms with E-state index in [0.29, 0.717) is 51.2 Å². The zero-order valence-corrected chi connectivity index (χ0v) is 22.7. The first-order chi connectivity index (χ1) is 19.4. The second-order valence-electron chi connectivity index (χ2n) is 9.60. The number of azide groups is 1. The van der Waals surface area contributed by atoms with E-state index in [9.17, 15) is 19.8 Å². The van der Waals surface area contributed by atoms with E-state index in [1.807, 2.05) is 18.2 Å². The number of nitrogens with one attached hydrogen (secondary N) is 1. The average molecular weight is 556 g/mol. The summed E-state index contributed by atoms with van der Waals surface area (Å²) >= 11 is 0. The average Bonchev–Trinajstić information content (AvgIpc) is 2.92. The number of hydroxylamine groups is 1. The van der Waals surface area contributed by atoms with Gasteiger partial charge in [-0.25, -0.2) is 4.79 Å². The molecule has 1 aromatic rings. The fourth-order valence-electron chi connectivity index (χ4n) is 4.32. The van der Waals surface area contributed by atoms with Gasteiger partial charge in [-0.2, -0.15) is 0 Å². The van der Waals surface area contributed by atoms with Crippen LogP contribution in [0.15, 0.2) is 47.2 Å². The Morgan fingerprint density at radius 2 is 2.02 bits per heavy atom. The van der Waals surface area contributed by atoms with Gasteiger partial charge < -0.3 is 24.6 Å². The molecule has 1 aromatic carbocycles. The van der Waals surface area contributed by atoms with Crippen LogP contribution in [0.3, 0.4) is 0 Å². The standard InChI is InChI=1S/C28H37N5O7/c1-20-8-5-10-24(38-15-7-12-30-32-29)11-6-9-22(31-39-19-26(36)33-13-3-2-4-14-33)16-21-17-23(34)18-25(35)27(21)28(37)40-20/h5-6,9-10,16-18,20,24,31,34-35H,2-4,7-8,11-15,19H2,1H3/b9-6?,10-5?,22-16-/t20-,24?/m1/s1. The lowest BCUT2D eigenvalue weighted by Crippen LogP contribution is -2.39. The van der Waals surface area contributed by atoms with Crippen molar-refractivity contribution in [3.63, 3.8) is 0 Å². The lowest BCUT2D eigenvalue weighted by atomic mass is 10.0. The Bertz CT molecular complexity index is 1150. The second-order valence-corrected chi connectivity index (χ2v) is 9.60. The van der Waals surface area contributed by atoms with Crippen LogP contribution in [0.4, 0.5) is 0 Å².